The molecule has 2 aliphatic carbocycles. The van der Waals surface area contributed by atoms with Crippen molar-refractivity contribution in [2.45, 2.75) is 50.5 Å². The third-order valence-corrected chi connectivity index (χ3v) is 6.02. The number of benzene rings is 1. The third-order valence-electron chi connectivity index (χ3n) is 6.02. The van der Waals surface area contributed by atoms with Crippen molar-refractivity contribution in [1.29, 1.82) is 0 Å². The highest BCUT2D eigenvalue weighted by Crippen LogP contribution is 2.40. The summed E-state index contributed by atoms with van der Waals surface area (Å²) in [7, 11) is 0. The summed E-state index contributed by atoms with van der Waals surface area (Å²) < 4.78 is 1.80. The van der Waals surface area contributed by atoms with E-state index in [1.165, 1.54) is 0 Å². The lowest BCUT2D eigenvalue weighted by atomic mass is 10.0. The zero-order valence-electron chi connectivity index (χ0n) is 16.0. The van der Waals surface area contributed by atoms with Crippen LogP contribution in [0.3, 0.4) is 0 Å². The van der Waals surface area contributed by atoms with Crippen molar-refractivity contribution in [2.24, 2.45) is 5.92 Å². The van der Waals surface area contributed by atoms with Gasteiger partial charge in [-0.1, -0.05) is 18.2 Å². The maximum Gasteiger partial charge on any atom is 0.272 e. The van der Waals surface area contributed by atoms with Gasteiger partial charge in [0, 0.05) is 31.0 Å². The molecule has 146 valence electrons. The molecule has 0 unspecified atom stereocenters. The Kier molecular flexibility index (Phi) is 4.41. The minimum atomic E-state index is 0.0372. The molecule has 3 aliphatic rings. The predicted octanol–water partition coefficient (Wildman–Crippen LogP) is 2.88. The molecule has 2 aromatic rings. The molecule has 2 saturated carbocycles. The second kappa shape index (κ2) is 7.08. The van der Waals surface area contributed by atoms with Crippen LogP contribution in [0.15, 0.2) is 36.4 Å². The van der Waals surface area contributed by atoms with Gasteiger partial charge >= 0.3 is 0 Å². The SMILES string of the molecule is O=C(NC1CCN(C(=O)c2cc(C3CC3)nn2-c2ccccc2)CC1)C1CC1. The summed E-state index contributed by atoms with van der Waals surface area (Å²) in [6.07, 6.45) is 6.00. The number of aromatic nitrogens is 2. The van der Waals surface area contributed by atoms with Gasteiger partial charge in [-0.2, -0.15) is 5.10 Å². The van der Waals surface area contributed by atoms with Crippen molar-refractivity contribution in [2.75, 3.05) is 13.1 Å². The molecule has 3 fully saturated rings. The van der Waals surface area contributed by atoms with Crippen LogP contribution in [-0.2, 0) is 4.79 Å². The van der Waals surface area contributed by atoms with E-state index in [0.29, 0.717) is 24.7 Å². The van der Waals surface area contributed by atoms with Crippen LogP contribution in [0.25, 0.3) is 5.69 Å². The van der Waals surface area contributed by atoms with Crippen molar-refractivity contribution in [3.05, 3.63) is 47.8 Å². The summed E-state index contributed by atoms with van der Waals surface area (Å²) in [6, 6.07) is 12.1. The summed E-state index contributed by atoms with van der Waals surface area (Å²) in [5.74, 6) is 0.969. The van der Waals surface area contributed by atoms with E-state index >= 15 is 0 Å². The second-order valence-electron chi connectivity index (χ2n) is 8.33. The monoisotopic (exact) mass is 378 g/mol. The van der Waals surface area contributed by atoms with Crippen LogP contribution < -0.4 is 5.32 Å². The maximum atomic E-state index is 13.3. The van der Waals surface area contributed by atoms with Crippen molar-refractivity contribution in [3.63, 3.8) is 0 Å². The highest BCUT2D eigenvalue weighted by molar-refractivity contribution is 5.93. The van der Waals surface area contributed by atoms with Gasteiger partial charge in [0.15, 0.2) is 0 Å². The zero-order chi connectivity index (χ0) is 19.1. The first-order chi connectivity index (χ1) is 13.7. The second-order valence-corrected chi connectivity index (χ2v) is 8.33. The van der Waals surface area contributed by atoms with E-state index in [0.717, 1.165) is 49.9 Å². The van der Waals surface area contributed by atoms with Gasteiger partial charge < -0.3 is 10.2 Å². The van der Waals surface area contributed by atoms with E-state index in [2.05, 4.69) is 5.32 Å². The standard InChI is InChI=1S/C22H26N4O2/c27-21(16-8-9-16)23-17-10-12-25(13-11-17)22(28)20-14-19(15-6-7-15)24-26(20)18-4-2-1-3-5-18/h1-5,14-17H,6-13H2,(H,23,27). The fourth-order valence-electron chi connectivity index (χ4n) is 3.95. The van der Waals surface area contributed by atoms with Crippen molar-refractivity contribution >= 4 is 11.8 Å². The molecule has 1 N–H and O–H groups in total. The van der Waals surface area contributed by atoms with E-state index in [1.807, 2.05) is 41.3 Å². The first-order valence-corrected chi connectivity index (χ1v) is 10.4. The lowest BCUT2D eigenvalue weighted by Gasteiger charge is -2.32. The molecular formula is C22H26N4O2. The van der Waals surface area contributed by atoms with Crippen LogP contribution in [0.2, 0.25) is 0 Å². The topological polar surface area (TPSA) is 67.2 Å². The third kappa shape index (κ3) is 3.55. The van der Waals surface area contributed by atoms with Crippen LogP contribution in [0.1, 0.15) is 60.6 Å². The number of rotatable bonds is 5. The van der Waals surface area contributed by atoms with Gasteiger partial charge in [0.05, 0.1) is 11.4 Å². The number of para-hydroxylation sites is 1. The first-order valence-electron chi connectivity index (χ1n) is 10.4. The number of nitrogens with one attached hydrogen (secondary N) is 1. The average molecular weight is 378 g/mol. The number of hydrogen-bond acceptors (Lipinski definition) is 3. The zero-order valence-corrected chi connectivity index (χ0v) is 16.0. The van der Waals surface area contributed by atoms with Gasteiger partial charge in [0.25, 0.3) is 5.91 Å². The molecule has 6 heteroatoms. The highest BCUT2D eigenvalue weighted by atomic mass is 16.2. The number of likely N-dealkylation sites (tertiary alicyclic amines) is 1. The van der Waals surface area contributed by atoms with Crippen molar-refractivity contribution in [1.82, 2.24) is 20.0 Å². The first kappa shape index (κ1) is 17.5. The van der Waals surface area contributed by atoms with E-state index < -0.39 is 0 Å². The predicted molar refractivity (Wildman–Crippen MR) is 105 cm³/mol. The number of nitrogens with zero attached hydrogens (tertiary/aromatic N) is 3. The molecule has 0 bridgehead atoms. The van der Waals surface area contributed by atoms with E-state index in [1.54, 1.807) is 4.68 Å². The van der Waals surface area contributed by atoms with Gasteiger partial charge in [-0.05, 0) is 56.7 Å². The van der Waals surface area contributed by atoms with Crippen LogP contribution in [0.5, 0.6) is 0 Å². The minimum absolute atomic E-state index is 0.0372. The summed E-state index contributed by atoms with van der Waals surface area (Å²) in [5.41, 5.74) is 2.59. The Morgan fingerprint density at radius 3 is 2.32 bits per heavy atom. The Labute approximate surface area is 164 Å². The van der Waals surface area contributed by atoms with E-state index in [9.17, 15) is 9.59 Å². The molecular weight excluding hydrogens is 352 g/mol. The molecule has 1 aromatic carbocycles. The summed E-state index contributed by atoms with van der Waals surface area (Å²) >= 11 is 0. The van der Waals surface area contributed by atoms with E-state index in [4.69, 9.17) is 5.10 Å². The maximum absolute atomic E-state index is 13.3. The normalized spacial score (nSPS) is 20.2. The lowest BCUT2D eigenvalue weighted by Crippen LogP contribution is -2.47. The summed E-state index contributed by atoms with van der Waals surface area (Å²) in [4.78, 5) is 27.2. The number of amides is 2. The molecule has 1 aliphatic heterocycles. The Morgan fingerprint density at radius 2 is 1.68 bits per heavy atom. The quantitative estimate of drug-likeness (QED) is 0.870. The number of piperidine rings is 1. The number of hydrogen-bond donors (Lipinski definition) is 1. The largest absolute Gasteiger partial charge is 0.353 e. The molecule has 0 atom stereocenters. The molecule has 2 heterocycles. The van der Waals surface area contributed by atoms with Crippen molar-refractivity contribution in [3.8, 4) is 5.69 Å². The van der Waals surface area contributed by atoms with Crippen LogP contribution in [-0.4, -0.2) is 45.6 Å². The van der Waals surface area contributed by atoms with Gasteiger partial charge in [-0.15, -0.1) is 0 Å². The Balaban J connectivity index is 1.30. The van der Waals surface area contributed by atoms with Crippen molar-refractivity contribution < 1.29 is 9.59 Å². The molecule has 6 nitrogen and oxygen atoms in total. The van der Waals surface area contributed by atoms with Gasteiger partial charge in [0.2, 0.25) is 5.91 Å². The van der Waals surface area contributed by atoms with Crippen LogP contribution in [0, 0.1) is 5.92 Å². The molecule has 5 rings (SSSR count). The number of carbonyl (C=O) groups is 2. The van der Waals surface area contributed by atoms with Crippen LogP contribution in [0.4, 0.5) is 0 Å². The fraction of sp³-hybridized carbons (Fsp3) is 0.500. The molecule has 1 saturated heterocycles. The molecule has 0 spiro atoms. The Hall–Kier alpha value is -2.63. The average Bonchev–Trinajstić information content (AvgIpc) is 3.66. The molecule has 1 aromatic heterocycles. The molecule has 0 radical (unpaired) electrons. The number of carbonyl (C=O) groups excluding carboxylic acids is 2. The lowest BCUT2D eigenvalue weighted by molar-refractivity contribution is -0.123. The minimum Gasteiger partial charge on any atom is -0.353 e. The van der Waals surface area contributed by atoms with Gasteiger partial charge in [-0.3, -0.25) is 9.59 Å². The Bertz CT molecular complexity index is 875. The molecule has 2 amide bonds. The van der Waals surface area contributed by atoms with Gasteiger partial charge in [-0.25, -0.2) is 4.68 Å². The summed E-state index contributed by atoms with van der Waals surface area (Å²) in [5, 5.41) is 7.90. The van der Waals surface area contributed by atoms with Gasteiger partial charge in [0.1, 0.15) is 5.69 Å². The smallest absolute Gasteiger partial charge is 0.272 e. The highest BCUT2D eigenvalue weighted by Gasteiger charge is 2.34. The van der Waals surface area contributed by atoms with E-state index in [-0.39, 0.29) is 23.8 Å². The Morgan fingerprint density at radius 1 is 0.964 bits per heavy atom. The summed E-state index contributed by atoms with van der Waals surface area (Å²) in [6.45, 7) is 1.35. The van der Waals surface area contributed by atoms with Crippen LogP contribution >= 0.6 is 0 Å². The fourth-order valence-corrected chi connectivity index (χ4v) is 3.95. The molecule has 28 heavy (non-hydrogen) atoms.